The molecule has 1 heteroatoms. The first-order valence-electron chi connectivity index (χ1n) is 8.44. The molecule has 0 aromatic heterocycles. The summed E-state index contributed by atoms with van der Waals surface area (Å²) in [4.78, 5) is 0. The largest absolute Gasteiger partial charge is 0.310 e. The predicted molar refractivity (Wildman–Crippen MR) is 91.4 cm³/mol. The maximum atomic E-state index is 3.79. The van der Waals surface area contributed by atoms with Crippen molar-refractivity contribution in [1.82, 2.24) is 5.32 Å². The van der Waals surface area contributed by atoms with E-state index in [2.05, 4.69) is 61.6 Å². The highest BCUT2D eigenvalue weighted by Crippen LogP contribution is 2.30. The second-order valence-electron chi connectivity index (χ2n) is 6.87. The van der Waals surface area contributed by atoms with Crippen LogP contribution in [-0.2, 0) is 6.54 Å². The Labute approximate surface area is 128 Å². The summed E-state index contributed by atoms with van der Waals surface area (Å²) in [7, 11) is 0. The quantitative estimate of drug-likeness (QED) is 0.817. The van der Waals surface area contributed by atoms with Crippen molar-refractivity contribution in [3.8, 4) is 0 Å². The molecule has 2 aromatic rings. The Bertz CT molecular complexity index is 574. The van der Waals surface area contributed by atoms with Gasteiger partial charge in [0.2, 0.25) is 0 Å². The molecule has 0 spiro atoms. The Balaban J connectivity index is 1.60. The molecule has 0 aliphatic heterocycles. The van der Waals surface area contributed by atoms with Gasteiger partial charge in [0.1, 0.15) is 0 Å². The molecule has 0 bridgehead atoms. The molecule has 1 nitrogen and oxygen atoms in total. The summed E-state index contributed by atoms with van der Waals surface area (Å²) in [5.74, 6) is 1.80. The van der Waals surface area contributed by atoms with Gasteiger partial charge in [-0.05, 0) is 53.9 Å². The van der Waals surface area contributed by atoms with Crippen LogP contribution in [0.3, 0.4) is 0 Å². The van der Waals surface area contributed by atoms with Gasteiger partial charge in [-0.25, -0.2) is 0 Å². The average molecular weight is 281 g/mol. The van der Waals surface area contributed by atoms with Crippen LogP contribution in [0.2, 0.25) is 0 Å². The lowest BCUT2D eigenvalue weighted by Crippen LogP contribution is -2.33. The molecule has 1 aliphatic rings. The SMILES string of the molecule is CC(C)C1CCC(NCc2cccc3ccccc23)CC1. The highest BCUT2D eigenvalue weighted by Gasteiger charge is 2.22. The van der Waals surface area contributed by atoms with Crippen molar-refractivity contribution in [1.29, 1.82) is 0 Å². The molecule has 1 N–H and O–H groups in total. The van der Waals surface area contributed by atoms with E-state index in [4.69, 9.17) is 0 Å². The standard InChI is InChI=1S/C20H27N/c1-15(2)16-10-12-19(13-11-16)21-14-18-8-5-7-17-6-3-4-9-20(17)18/h3-9,15-16,19,21H,10-14H2,1-2H3. The van der Waals surface area contributed by atoms with Crippen molar-refractivity contribution in [2.75, 3.05) is 0 Å². The highest BCUT2D eigenvalue weighted by atomic mass is 14.9. The molecular weight excluding hydrogens is 254 g/mol. The van der Waals surface area contributed by atoms with E-state index < -0.39 is 0 Å². The van der Waals surface area contributed by atoms with Gasteiger partial charge in [0.15, 0.2) is 0 Å². The maximum absolute atomic E-state index is 3.79. The number of rotatable bonds is 4. The maximum Gasteiger partial charge on any atom is 0.0214 e. The molecule has 0 amide bonds. The van der Waals surface area contributed by atoms with Crippen LogP contribution in [0.5, 0.6) is 0 Å². The van der Waals surface area contributed by atoms with Crippen LogP contribution in [0.25, 0.3) is 10.8 Å². The van der Waals surface area contributed by atoms with Gasteiger partial charge in [0, 0.05) is 12.6 Å². The summed E-state index contributed by atoms with van der Waals surface area (Å²) < 4.78 is 0. The molecular formula is C20H27N. The van der Waals surface area contributed by atoms with Crippen LogP contribution in [-0.4, -0.2) is 6.04 Å². The molecule has 0 unspecified atom stereocenters. The van der Waals surface area contributed by atoms with Gasteiger partial charge in [0.25, 0.3) is 0 Å². The molecule has 0 radical (unpaired) electrons. The molecule has 2 aromatic carbocycles. The van der Waals surface area contributed by atoms with Gasteiger partial charge in [-0.3, -0.25) is 0 Å². The lowest BCUT2D eigenvalue weighted by Gasteiger charge is -2.31. The zero-order valence-electron chi connectivity index (χ0n) is 13.3. The Morgan fingerprint density at radius 1 is 0.952 bits per heavy atom. The molecule has 3 rings (SSSR count). The minimum atomic E-state index is 0.707. The van der Waals surface area contributed by atoms with E-state index >= 15 is 0 Å². The number of hydrogen-bond acceptors (Lipinski definition) is 1. The Morgan fingerprint density at radius 3 is 2.43 bits per heavy atom. The lowest BCUT2D eigenvalue weighted by molar-refractivity contribution is 0.238. The predicted octanol–water partition coefficient (Wildman–Crippen LogP) is 5.14. The normalized spacial score (nSPS) is 22.8. The first-order valence-corrected chi connectivity index (χ1v) is 8.44. The molecule has 1 fully saturated rings. The van der Waals surface area contributed by atoms with E-state index in [0.717, 1.165) is 18.4 Å². The molecule has 21 heavy (non-hydrogen) atoms. The smallest absolute Gasteiger partial charge is 0.0214 e. The van der Waals surface area contributed by atoms with Crippen LogP contribution in [0.4, 0.5) is 0 Å². The van der Waals surface area contributed by atoms with Gasteiger partial charge in [-0.2, -0.15) is 0 Å². The second-order valence-corrected chi connectivity index (χ2v) is 6.87. The number of nitrogens with one attached hydrogen (secondary N) is 1. The lowest BCUT2D eigenvalue weighted by atomic mass is 9.79. The fraction of sp³-hybridized carbons (Fsp3) is 0.500. The van der Waals surface area contributed by atoms with Gasteiger partial charge < -0.3 is 5.32 Å². The zero-order valence-corrected chi connectivity index (χ0v) is 13.3. The van der Waals surface area contributed by atoms with E-state index in [0.29, 0.717) is 6.04 Å². The van der Waals surface area contributed by atoms with E-state index in [9.17, 15) is 0 Å². The van der Waals surface area contributed by atoms with E-state index in [1.165, 1.54) is 42.0 Å². The summed E-state index contributed by atoms with van der Waals surface area (Å²) in [6.45, 7) is 5.74. The van der Waals surface area contributed by atoms with E-state index in [1.807, 2.05) is 0 Å². The van der Waals surface area contributed by atoms with E-state index in [-0.39, 0.29) is 0 Å². The summed E-state index contributed by atoms with van der Waals surface area (Å²) in [6.07, 6.45) is 5.47. The third-order valence-electron chi connectivity index (χ3n) is 5.18. The van der Waals surface area contributed by atoms with Crippen molar-refractivity contribution in [3.05, 3.63) is 48.0 Å². The number of benzene rings is 2. The van der Waals surface area contributed by atoms with Gasteiger partial charge in [0.05, 0.1) is 0 Å². The fourth-order valence-electron chi connectivity index (χ4n) is 3.69. The molecule has 1 saturated carbocycles. The second kappa shape index (κ2) is 6.62. The van der Waals surface area contributed by atoms with Crippen molar-refractivity contribution < 1.29 is 0 Å². The summed E-state index contributed by atoms with van der Waals surface area (Å²) >= 11 is 0. The molecule has 1 aliphatic carbocycles. The molecule has 0 heterocycles. The third-order valence-corrected chi connectivity index (χ3v) is 5.18. The van der Waals surface area contributed by atoms with Gasteiger partial charge in [-0.1, -0.05) is 56.3 Å². The van der Waals surface area contributed by atoms with Gasteiger partial charge in [-0.15, -0.1) is 0 Å². The van der Waals surface area contributed by atoms with Crippen molar-refractivity contribution in [3.63, 3.8) is 0 Å². The fourth-order valence-corrected chi connectivity index (χ4v) is 3.69. The minimum absolute atomic E-state index is 0.707. The van der Waals surface area contributed by atoms with Gasteiger partial charge >= 0.3 is 0 Å². The number of fused-ring (bicyclic) bond motifs is 1. The van der Waals surface area contributed by atoms with Crippen LogP contribution >= 0.6 is 0 Å². The monoisotopic (exact) mass is 281 g/mol. The Hall–Kier alpha value is -1.34. The van der Waals surface area contributed by atoms with Crippen LogP contribution in [0.15, 0.2) is 42.5 Å². The molecule has 112 valence electrons. The summed E-state index contributed by atoms with van der Waals surface area (Å²) in [6, 6.07) is 16.0. The van der Waals surface area contributed by atoms with E-state index in [1.54, 1.807) is 0 Å². The number of hydrogen-bond donors (Lipinski definition) is 1. The van der Waals surface area contributed by atoms with Crippen LogP contribution < -0.4 is 5.32 Å². The first-order chi connectivity index (χ1) is 10.2. The average Bonchev–Trinajstić information content (AvgIpc) is 2.53. The molecule has 0 saturated heterocycles. The molecule has 0 atom stereocenters. The minimum Gasteiger partial charge on any atom is -0.310 e. The highest BCUT2D eigenvalue weighted by molar-refractivity contribution is 5.85. The van der Waals surface area contributed by atoms with Crippen molar-refractivity contribution in [2.24, 2.45) is 11.8 Å². The Morgan fingerprint density at radius 2 is 1.67 bits per heavy atom. The van der Waals surface area contributed by atoms with Crippen LogP contribution in [0, 0.1) is 11.8 Å². The summed E-state index contributed by atoms with van der Waals surface area (Å²) in [5.41, 5.74) is 1.43. The topological polar surface area (TPSA) is 12.0 Å². The zero-order chi connectivity index (χ0) is 14.7. The van der Waals surface area contributed by atoms with Crippen molar-refractivity contribution in [2.45, 2.75) is 52.1 Å². The van der Waals surface area contributed by atoms with Crippen molar-refractivity contribution >= 4 is 10.8 Å². The Kier molecular flexibility index (Phi) is 4.60. The summed E-state index contributed by atoms with van der Waals surface area (Å²) in [5, 5.41) is 6.53. The first kappa shape index (κ1) is 14.6. The third kappa shape index (κ3) is 3.47. The van der Waals surface area contributed by atoms with Crippen LogP contribution in [0.1, 0.15) is 45.1 Å².